The molecule has 4 aromatic rings. The van der Waals surface area contributed by atoms with E-state index in [-0.39, 0.29) is 5.78 Å². The van der Waals surface area contributed by atoms with E-state index in [2.05, 4.69) is 10.6 Å². The van der Waals surface area contributed by atoms with Gasteiger partial charge in [0.25, 0.3) is 0 Å². The van der Waals surface area contributed by atoms with Gasteiger partial charge in [0.05, 0.1) is 0 Å². The van der Waals surface area contributed by atoms with Crippen LogP contribution in [0.15, 0.2) is 122 Å². The van der Waals surface area contributed by atoms with Crippen LogP contribution in [-0.2, 0) is 4.79 Å². The molecular weight excluding hydrogens is 463 g/mol. The lowest BCUT2D eigenvalue weighted by atomic mass is 9.93. The monoisotopic (exact) mass is 484 g/mol. The third-order valence-electron chi connectivity index (χ3n) is 5.11. The number of hydrogen-bond acceptors (Lipinski definition) is 3. The third-order valence-corrected chi connectivity index (χ3v) is 5.62. The normalized spacial score (nSPS) is 11.7. The molecule has 3 nitrogen and oxygen atoms in total. The lowest BCUT2D eigenvalue weighted by Gasteiger charge is -2.13. The molecule has 0 saturated heterocycles. The molecule has 34 heavy (non-hydrogen) atoms. The van der Waals surface area contributed by atoms with Crippen LogP contribution in [0, 0.1) is 0 Å². The molecule has 0 fully saturated rings. The highest BCUT2D eigenvalue weighted by atomic mass is 35.5. The van der Waals surface area contributed by atoms with Crippen LogP contribution in [0.5, 0.6) is 0 Å². The van der Waals surface area contributed by atoms with Gasteiger partial charge in [-0.2, -0.15) is 0 Å². The van der Waals surface area contributed by atoms with E-state index in [1.807, 2.05) is 84.9 Å². The van der Waals surface area contributed by atoms with Crippen molar-refractivity contribution in [2.75, 3.05) is 10.6 Å². The van der Waals surface area contributed by atoms with E-state index >= 15 is 0 Å². The Kier molecular flexibility index (Phi) is 7.82. The summed E-state index contributed by atoms with van der Waals surface area (Å²) in [5.41, 5.74) is 4.34. The summed E-state index contributed by atoms with van der Waals surface area (Å²) in [5.74, 6) is -0.125. The molecule has 0 spiro atoms. The molecule has 0 aliphatic rings. The first-order valence-electron chi connectivity index (χ1n) is 10.7. The fourth-order valence-corrected chi connectivity index (χ4v) is 3.60. The zero-order chi connectivity index (χ0) is 23.8. The van der Waals surface area contributed by atoms with Crippen LogP contribution in [0.1, 0.15) is 11.1 Å². The third kappa shape index (κ3) is 6.16. The van der Waals surface area contributed by atoms with Crippen LogP contribution < -0.4 is 10.6 Å². The Morgan fingerprint density at radius 2 is 0.882 bits per heavy atom. The Hall–Kier alpha value is -3.79. The number of rotatable bonds is 8. The summed E-state index contributed by atoms with van der Waals surface area (Å²) in [6.45, 7) is 0. The average Bonchev–Trinajstić information content (AvgIpc) is 2.88. The van der Waals surface area contributed by atoms with Gasteiger partial charge in [-0.3, -0.25) is 4.79 Å². The number of hydrogen-bond donors (Lipinski definition) is 2. The molecule has 0 atom stereocenters. The maximum absolute atomic E-state index is 13.9. The van der Waals surface area contributed by atoms with E-state index < -0.39 is 0 Å². The van der Waals surface area contributed by atoms with Gasteiger partial charge in [0.1, 0.15) is 0 Å². The van der Waals surface area contributed by atoms with Gasteiger partial charge in [0.15, 0.2) is 5.78 Å². The first-order valence-corrected chi connectivity index (χ1v) is 11.5. The Balaban J connectivity index is 1.73. The van der Waals surface area contributed by atoms with E-state index in [1.165, 1.54) is 0 Å². The lowest BCUT2D eigenvalue weighted by Crippen LogP contribution is -2.09. The van der Waals surface area contributed by atoms with E-state index in [4.69, 9.17) is 23.2 Å². The molecule has 0 aliphatic carbocycles. The van der Waals surface area contributed by atoms with Crippen molar-refractivity contribution < 1.29 is 4.79 Å². The predicted molar refractivity (Wildman–Crippen MR) is 144 cm³/mol. The van der Waals surface area contributed by atoms with Crippen molar-refractivity contribution in [1.82, 2.24) is 0 Å². The van der Waals surface area contributed by atoms with Gasteiger partial charge in [0, 0.05) is 45.0 Å². The minimum Gasteiger partial charge on any atom is -0.361 e. The van der Waals surface area contributed by atoms with Crippen LogP contribution in [0.4, 0.5) is 11.4 Å². The van der Waals surface area contributed by atoms with Gasteiger partial charge in [-0.05, 0) is 59.7 Å². The van der Waals surface area contributed by atoms with Crippen LogP contribution in [0.2, 0.25) is 10.0 Å². The van der Waals surface area contributed by atoms with E-state index in [1.54, 1.807) is 36.7 Å². The first kappa shape index (κ1) is 23.4. The summed E-state index contributed by atoms with van der Waals surface area (Å²) >= 11 is 12.0. The Morgan fingerprint density at radius 1 is 0.529 bits per heavy atom. The quantitative estimate of drug-likeness (QED) is 0.247. The van der Waals surface area contributed by atoms with Crippen molar-refractivity contribution >= 4 is 51.5 Å². The second kappa shape index (κ2) is 11.4. The van der Waals surface area contributed by atoms with Gasteiger partial charge in [-0.1, -0.05) is 83.9 Å². The second-order valence-electron chi connectivity index (χ2n) is 7.48. The van der Waals surface area contributed by atoms with E-state index in [0.717, 1.165) is 22.5 Å². The summed E-state index contributed by atoms with van der Waals surface area (Å²) < 4.78 is 0. The van der Waals surface area contributed by atoms with Crippen molar-refractivity contribution in [3.05, 3.63) is 143 Å². The van der Waals surface area contributed by atoms with Crippen molar-refractivity contribution in [2.24, 2.45) is 0 Å². The van der Waals surface area contributed by atoms with Crippen molar-refractivity contribution in [3.8, 4) is 0 Å². The summed E-state index contributed by atoms with van der Waals surface area (Å²) in [6, 6.07) is 33.8. The number of allylic oxidation sites excluding steroid dienone is 2. The lowest BCUT2D eigenvalue weighted by molar-refractivity contribution is -0.108. The molecule has 4 rings (SSSR count). The van der Waals surface area contributed by atoms with E-state index in [9.17, 15) is 4.79 Å². The van der Waals surface area contributed by atoms with Crippen molar-refractivity contribution in [2.45, 2.75) is 0 Å². The number of carbonyl (C=O) groups is 1. The molecule has 0 aromatic heterocycles. The SMILES string of the molecule is O=C(/C(=C/Nc1ccc(Cl)cc1)c1ccccc1)/C(=C/Nc1ccc(Cl)cc1)c1ccccc1. The molecule has 168 valence electrons. The Labute approximate surface area is 209 Å². The molecule has 5 heteroatoms. The number of nitrogens with one attached hydrogen (secondary N) is 2. The molecule has 0 saturated carbocycles. The topological polar surface area (TPSA) is 41.1 Å². The number of benzene rings is 4. The van der Waals surface area contributed by atoms with Crippen LogP contribution in [0.25, 0.3) is 11.1 Å². The number of anilines is 2. The highest BCUT2D eigenvalue weighted by Gasteiger charge is 2.19. The summed E-state index contributed by atoms with van der Waals surface area (Å²) in [6.07, 6.45) is 3.47. The predicted octanol–water partition coefficient (Wildman–Crippen LogP) is 8.17. The Bertz CT molecular complexity index is 1200. The number of Topliss-reactive ketones (excluding diaryl/α,β-unsaturated/α-hetero) is 1. The smallest absolute Gasteiger partial charge is 0.197 e. The average molecular weight is 485 g/mol. The molecule has 0 aliphatic heterocycles. The number of carbonyl (C=O) groups excluding carboxylic acids is 1. The van der Waals surface area contributed by atoms with Crippen LogP contribution >= 0.6 is 23.2 Å². The van der Waals surface area contributed by atoms with Crippen molar-refractivity contribution in [1.29, 1.82) is 0 Å². The maximum Gasteiger partial charge on any atom is 0.197 e. The second-order valence-corrected chi connectivity index (χ2v) is 8.35. The maximum atomic E-state index is 13.9. The van der Waals surface area contributed by atoms with Crippen LogP contribution in [0.3, 0.4) is 0 Å². The minimum absolute atomic E-state index is 0.125. The minimum atomic E-state index is -0.125. The molecule has 0 radical (unpaired) electrons. The molecule has 0 heterocycles. The van der Waals surface area contributed by atoms with Gasteiger partial charge in [0.2, 0.25) is 0 Å². The number of halogens is 2. The van der Waals surface area contributed by atoms with Crippen molar-refractivity contribution in [3.63, 3.8) is 0 Å². The van der Waals surface area contributed by atoms with Gasteiger partial charge >= 0.3 is 0 Å². The zero-order valence-electron chi connectivity index (χ0n) is 18.2. The number of ketones is 1. The van der Waals surface area contributed by atoms with E-state index in [0.29, 0.717) is 21.2 Å². The van der Waals surface area contributed by atoms with Crippen LogP contribution in [-0.4, -0.2) is 5.78 Å². The summed E-state index contributed by atoms with van der Waals surface area (Å²) in [7, 11) is 0. The standard InChI is InChI=1S/C29H22Cl2N2O/c30-23-11-15-25(16-12-23)32-19-27(21-7-3-1-4-8-21)29(34)28(22-9-5-2-6-10-22)20-33-26-17-13-24(31)14-18-26/h1-20,32-33H/b27-19+,28-20+. The van der Waals surface area contributed by atoms with Gasteiger partial charge < -0.3 is 10.6 Å². The largest absolute Gasteiger partial charge is 0.361 e. The fraction of sp³-hybridized carbons (Fsp3) is 0. The molecular formula is C29H22Cl2N2O. The summed E-state index contributed by atoms with van der Waals surface area (Å²) in [5, 5.41) is 7.77. The Morgan fingerprint density at radius 3 is 1.24 bits per heavy atom. The highest BCUT2D eigenvalue weighted by Crippen LogP contribution is 2.26. The molecule has 0 amide bonds. The molecule has 2 N–H and O–H groups in total. The molecule has 4 aromatic carbocycles. The molecule has 0 bridgehead atoms. The fourth-order valence-electron chi connectivity index (χ4n) is 3.34. The summed E-state index contributed by atoms with van der Waals surface area (Å²) in [4.78, 5) is 13.9. The zero-order valence-corrected chi connectivity index (χ0v) is 19.7. The van der Waals surface area contributed by atoms with Gasteiger partial charge in [-0.25, -0.2) is 0 Å². The highest BCUT2D eigenvalue weighted by molar-refractivity contribution is 6.42. The molecule has 0 unspecified atom stereocenters. The first-order chi connectivity index (χ1) is 16.6. The van der Waals surface area contributed by atoms with Gasteiger partial charge in [-0.15, -0.1) is 0 Å².